The van der Waals surface area contributed by atoms with Gasteiger partial charge in [0.2, 0.25) is 5.91 Å². The number of benzene rings is 1. The Bertz CT molecular complexity index is 465. The second-order valence-electron chi connectivity index (χ2n) is 5.51. The number of carboxylic acid groups (broad SMARTS) is 1. The SMILES string of the molecule is CC(C)(N)CC(=O)NC(C)(C(=O)O)c1ccccc1. The molecule has 0 spiro atoms. The number of carbonyl (C=O) groups excluding carboxylic acids is 1. The monoisotopic (exact) mass is 264 g/mol. The molecule has 1 rings (SSSR count). The summed E-state index contributed by atoms with van der Waals surface area (Å²) < 4.78 is 0. The molecule has 0 saturated heterocycles. The zero-order valence-corrected chi connectivity index (χ0v) is 11.4. The van der Waals surface area contributed by atoms with Crippen LogP contribution in [-0.4, -0.2) is 22.5 Å². The summed E-state index contributed by atoms with van der Waals surface area (Å²) in [6.45, 7) is 4.90. The van der Waals surface area contributed by atoms with Crippen LogP contribution in [0.15, 0.2) is 30.3 Å². The number of carbonyl (C=O) groups is 2. The van der Waals surface area contributed by atoms with Gasteiger partial charge < -0.3 is 16.2 Å². The molecule has 1 aromatic rings. The summed E-state index contributed by atoms with van der Waals surface area (Å²) in [5.74, 6) is -1.50. The average Bonchev–Trinajstić information content (AvgIpc) is 2.27. The molecule has 1 aromatic carbocycles. The Morgan fingerprint density at radius 3 is 2.16 bits per heavy atom. The first-order chi connectivity index (χ1) is 8.65. The van der Waals surface area contributed by atoms with Crippen LogP contribution in [0, 0.1) is 0 Å². The molecule has 0 aliphatic rings. The number of rotatable bonds is 5. The van der Waals surface area contributed by atoms with Gasteiger partial charge >= 0.3 is 5.97 Å². The Kier molecular flexibility index (Phi) is 4.32. The third kappa shape index (κ3) is 4.06. The zero-order valence-electron chi connectivity index (χ0n) is 11.4. The number of carboxylic acids is 1. The van der Waals surface area contributed by atoms with Crippen LogP contribution in [0.5, 0.6) is 0 Å². The average molecular weight is 264 g/mol. The second kappa shape index (κ2) is 5.40. The Morgan fingerprint density at radius 2 is 1.74 bits per heavy atom. The lowest BCUT2D eigenvalue weighted by Gasteiger charge is -2.28. The molecule has 0 aromatic heterocycles. The van der Waals surface area contributed by atoms with Crippen molar-refractivity contribution in [3.05, 3.63) is 35.9 Å². The van der Waals surface area contributed by atoms with Crippen LogP contribution < -0.4 is 11.1 Å². The predicted molar refractivity (Wildman–Crippen MR) is 72.5 cm³/mol. The lowest BCUT2D eigenvalue weighted by molar-refractivity contribution is -0.147. The van der Waals surface area contributed by atoms with Crippen molar-refractivity contribution in [2.75, 3.05) is 0 Å². The number of nitrogens with two attached hydrogens (primary N) is 1. The third-order valence-corrected chi connectivity index (χ3v) is 2.78. The molecule has 5 heteroatoms. The molecule has 1 atom stereocenters. The fourth-order valence-electron chi connectivity index (χ4n) is 1.76. The van der Waals surface area contributed by atoms with Crippen molar-refractivity contribution in [2.45, 2.75) is 38.3 Å². The molecule has 0 radical (unpaired) electrons. The summed E-state index contributed by atoms with van der Waals surface area (Å²) in [4.78, 5) is 23.4. The first-order valence-electron chi connectivity index (χ1n) is 6.04. The van der Waals surface area contributed by atoms with Gasteiger partial charge in [-0.1, -0.05) is 30.3 Å². The normalized spacial score (nSPS) is 14.5. The fraction of sp³-hybridized carbons (Fsp3) is 0.429. The van der Waals surface area contributed by atoms with Gasteiger partial charge in [-0.15, -0.1) is 0 Å². The van der Waals surface area contributed by atoms with E-state index in [1.165, 1.54) is 6.92 Å². The van der Waals surface area contributed by atoms with Crippen molar-refractivity contribution in [1.29, 1.82) is 0 Å². The Balaban J connectivity index is 2.97. The predicted octanol–water partition coefficient (Wildman–Crippen LogP) is 1.23. The number of hydrogen-bond acceptors (Lipinski definition) is 3. The van der Waals surface area contributed by atoms with Crippen LogP contribution in [0.4, 0.5) is 0 Å². The molecule has 0 fully saturated rings. The van der Waals surface area contributed by atoms with Gasteiger partial charge in [-0.3, -0.25) is 4.79 Å². The summed E-state index contributed by atoms with van der Waals surface area (Å²) in [6.07, 6.45) is 0.0582. The van der Waals surface area contributed by atoms with Crippen molar-refractivity contribution in [3.63, 3.8) is 0 Å². The van der Waals surface area contributed by atoms with Crippen molar-refractivity contribution in [3.8, 4) is 0 Å². The summed E-state index contributed by atoms with van der Waals surface area (Å²) >= 11 is 0. The minimum Gasteiger partial charge on any atom is -0.479 e. The van der Waals surface area contributed by atoms with E-state index >= 15 is 0 Å². The van der Waals surface area contributed by atoms with Crippen molar-refractivity contribution >= 4 is 11.9 Å². The molecule has 0 heterocycles. The summed E-state index contributed by atoms with van der Waals surface area (Å²) in [5, 5.41) is 11.9. The van der Waals surface area contributed by atoms with Gasteiger partial charge in [-0.2, -0.15) is 0 Å². The summed E-state index contributed by atoms with van der Waals surface area (Å²) in [7, 11) is 0. The minimum atomic E-state index is -1.45. The van der Waals surface area contributed by atoms with Gasteiger partial charge in [0.15, 0.2) is 5.54 Å². The molecule has 0 aliphatic carbocycles. The molecular formula is C14H20N2O3. The van der Waals surface area contributed by atoms with E-state index in [-0.39, 0.29) is 12.3 Å². The molecule has 0 saturated carbocycles. The Hall–Kier alpha value is -1.88. The van der Waals surface area contributed by atoms with Crippen LogP contribution in [0.3, 0.4) is 0 Å². The largest absolute Gasteiger partial charge is 0.479 e. The van der Waals surface area contributed by atoms with Gasteiger partial charge in [0.25, 0.3) is 0 Å². The Morgan fingerprint density at radius 1 is 1.21 bits per heavy atom. The summed E-state index contributed by atoms with van der Waals surface area (Å²) in [5.41, 5.74) is 4.15. The molecule has 1 amide bonds. The highest BCUT2D eigenvalue weighted by molar-refractivity contribution is 5.88. The molecular weight excluding hydrogens is 244 g/mol. The Labute approximate surface area is 112 Å². The molecule has 1 unspecified atom stereocenters. The molecule has 0 aliphatic heterocycles. The van der Waals surface area contributed by atoms with E-state index in [0.717, 1.165) is 0 Å². The highest BCUT2D eigenvalue weighted by Gasteiger charge is 2.37. The van der Waals surface area contributed by atoms with E-state index in [2.05, 4.69) is 5.32 Å². The highest BCUT2D eigenvalue weighted by Crippen LogP contribution is 2.21. The van der Waals surface area contributed by atoms with Crippen LogP contribution in [0.1, 0.15) is 32.8 Å². The van der Waals surface area contributed by atoms with Crippen molar-refractivity contribution in [2.24, 2.45) is 5.73 Å². The van der Waals surface area contributed by atoms with Crippen molar-refractivity contribution in [1.82, 2.24) is 5.32 Å². The molecule has 0 bridgehead atoms. The standard InChI is InChI=1S/C14H20N2O3/c1-13(2,15)9-11(17)16-14(3,12(18)19)10-7-5-4-6-8-10/h4-8H,9,15H2,1-3H3,(H,16,17)(H,18,19). The second-order valence-corrected chi connectivity index (χ2v) is 5.51. The van der Waals surface area contributed by atoms with E-state index in [9.17, 15) is 14.7 Å². The summed E-state index contributed by atoms with van der Waals surface area (Å²) in [6, 6.07) is 8.59. The number of aliphatic carboxylic acids is 1. The highest BCUT2D eigenvalue weighted by atomic mass is 16.4. The number of hydrogen-bond donors (Lipinski definition) is 3. The topological polar surface area (TPSA) is 92.4 Å². The fourth-order valence-corrected chi connectivity index (χ4v) is 1.76. The van der Waals surface area contributed by atoms with Gasteiger partial charge in [0, 0.05) is 12.0 Å². The van der Waals surface area contributed by atoms with Gasteiger partial charge in [0.1, 0.15) is 0 Å². The van der Waals surface area contributed by atoms with Gasteiger partial charge in [0.05, 0.1) is 0 Å². The molecule has 19 heavy (non-hydrogen) atoms. The van der Waals surface area contributed by atoms with Crippen LogP contribution in [-0.2, 0) is 15.1 Å². The number of amides is 1. The van der Waals surface area contributed by atoms with Gasteiger partial charge in [-0.05, 0) is 26.3 Å². The molecule has 5 nitrogen and oxygen atoms in total. The van der Waals surface area contributed by atoms with E-state index in [1.54, 1.807) is 44.2 Å². The maximum Gasteiger partial charge on any atom is 0.333 e. The van der Waals surface area contributed by atoms with Crippen LogP contribution in [0.25, 0.3) is 0 Å². The van der Waals surface area contributed by atoms with Crippen molar-refractivity contribution < 1.29 is 14.7 Å². The smallest absolute Gasteiger partial charge is 0.333 e. The first kappa shape index (κ1) is 15.2. The van der Waals surface area contributed by atoms with E-state index in [4.69, 9.17) is 5.73 Å². The van der Waals surface area contributed by atoms with Gasteiger partial charge in [-0.25, -0.2) is 4.79 Å². The molecule has 4 N–H and O–H groups in total. The lowest BCUT2D eigenvalue weighted by Crippen LogP contribution is -2.51. The lowest BCUT2D eigenvalue weighted by atomic mass is 9.91. The molecule has 104 valence electrons. The minimum absolute atomic E-state index is 0.0582. The van der Waals surface area contributed by atoms with Crippen LogP contribution >= 0.6 is 0 Å². The van der Waals surface area contributed by atoms with Crippen LogP contribution in [0.2, 0.25) is 0 Å². The maximum absolute atomic E-state index is 11.9. The number of nitrogens with one attached hydrogen (secondary N) is 1. The van der Waals surface area contributed by atoms with E-state index in [1.807, 2.05) is 0 Å². The first-order valence-corrected chi connectivity index (χ1v) is 6.04. The van der Waals surface area contributed by atoms with E-state index < -0.39 is 17.0 Å². The third-order valence-electron chi connectivity index (χ3n) is 2.78. The maximum atomic E-state index is 11.9. The van der Waals surface area contributed by atoms with E-state index in [0.29, 0.717) is 5.56 Å². The quantitative estimate of drug-likeness (QED) is 0.745. The zero-order chi connectivity index (χ0) is 14.7.